The van der Waals surface area contributed by atoms with E-state index >= 15 is 0 Å². The number of aromatic hydroxyl groups is 1. The highest BCUT2D eigenvalue weighted by molar-refractivity contribution is 9.10. The van der Waals surface area contributed by atoms with Crippen molar-refractivity contribution in [1.82, 2.24) is 0 Å². The fourth-order valence-electron chi connectivity index (χ4n) is 1.69. The van der Waals surface area contributed by atoms with Gasteiger partial charge in [0.05, 0.1) is 10.0 Å². The second kappa shape index (κ2) is 5.32. The monoisotopic (exact) mass is 320 g/mol. The second-order valence-electron chi connectivity index (χ2n) is 4.09. The molecule has 0 heterocycles. The SMILES string of the molecule is CN(C(=O)c1cccc(N)c1Br)c1ccc(O)cc1. The Morgan fingerprint density at radius 2 is 1.84 bits per heavy atom. The molecule has 0 saturated heterocycles. The van der Waals surface area contributed by atoms with E-state index < -0.39 is 0 Å². The van der Waals surface area contributed by atoms with Gasteiger partial charge in [-0.15, -0.1) is 0 Å². The summed E-state index contributed by atoms with van der Waals surface area (Å²) < 4.78 is 0.589. The van der Waals surface area contributed by atoms with Gasteiger partial charge in [-0.1, -0.05) is 6.07 Å². The number of nitrogens with two attached hydrogens (primary N) is 1. The molecule has 0 aliphatic carbocycles. The fraction of sp³-hybridized carbons (Fsp3) is 0.0714. The summed E-state index contributed by atoms with van der Waals surface area (Å²) in [6.45, 7) is 0. The van der Waals surface area contributed by atoms with Gasteiger partial charge in [-0.25, -0.2) is 0 Å². The Hall–Kier alpha value is -2.01. The number of hydrogen-bond acceptors (Lipinski definition) is 3. The van der Waals surface area contributed by atoms with Gasteiger partial charge in [-0.2, -0.15) is 0 Å². The molecule has 0 atom stereocenters. The zero-order valence-corrected chi connectivity index (χ0v) is 11.9. The summed E-state index contributed by atoms with van der Waals surface area (Å²) in [5.74, 6) is -0.0143. The molecule has 2 aromatic carbocycles. The topological polar surface area (TPSA) is 66.6 Å². The van der Waals surface area contributed by atoms with E-state index in [-0.39, 0.29) is 11.7 Å². The summed E-state index contributed by atoms with van der Waals surface area (Å²) in [5, 5.41) is 9.25. The fourth-order valence-corrected chi connectivity index (χ4v) is 2.12. The van der Waals surface area contributed by atoms with E-state index in [9.17, 15) is 9.90 Å². The number of carbonyl (C=O) groups excluding carboxylic acids is 1. The Labute approximate surface area is 119 Å². The maximum atomic E-state index is 12.4. The number of halogens is 1. The second-order valence-corrected chi connectivity index (χ2v) is 4.88. The van der Waals surface area contributed by atoms with Crippen molar-refractivity contribution in [3.63, 3.8) is 0 Å². The Kier molecular flexibility index (Phi) is 3.76. The predicted octanol–water partition coefficient (Wildman–Crippen LogP) is 3.01. The van der Waals surface area contributed by atoms with Gasteiger partial charge in [0.2, 0.25) is 0 Å². The predicted molar refractivity (Wildman–Crippen MR) is 79.4 cm³/mol. The highest BCUT2D eigenvalue weighted by Gasteiger charge is 2.17. The summed E-state index contributed by atoms with van der Waals surface area (Å²) in [6.07, 6.45) is 0. The molecule has 4 nitrogen and oxygen atoms in total. The third-order valence-electron chi connectivity index (χ3n) is 2.80. The number of anilines is 2. The molecule has 3 N–H and O–H groups in total. The molecular formula is C14H13BrN2O2. The molecule has 0 aromatic heterocycles. The van der Waals surface area contributed by atoms with Crippen molar-refractivity contribution >= 4 is 33.2 Å². The van der Waals surface area contributed by atoms with Crippen LogP contribution in [0.15, 0.2) is 46.9 Å². The number of carbonyl (C=O) groups is 1. The van der Waals surface area contributed by atoms with Gasteiger partial charge in [0.1, 0.15) is 5.75 Å². The van der Waals surface area contributed by atoms with Crippen molar-refractivity contribution in [1.29, 1.82) is 0 Å². The lowest BCUT2D eigenvalue weighted by Crippen LogP contribution is -2.26. The zero-order chi connectivity index (χ0) is 14.0. The van der Waals surface area contributed by atoms with Gasteiger partial charge in [0.25, 0.3) is 5.91 Å². The van der Waals surface area contributed by atoms with E-state index in [0.717, 1.165) is 0 Å². The van der Waals surface area contributed by atoms with Gasteiger partial charge in [0, 0.05) is 18.4 Å². The van der Waals surface area contributed by atoms with Gasteiger partial charge >= 0.3 is 0 Å². The van der Waals surface area contributed by atoms with Crippen molar-refractivity contribution in [3.05, 3.63) is 52.5 Å². The average Bonchev–Trinajstić information content (AvgIpc) is 2.41. The van der Waals surface area contributed by atoms with E-state index in [1.54, 1.807) is 37.4 Å². The van der Waals surface area contributed by atoms with Gasteiger partial charge < -0.3 is 15.7 Å². The Morgan fingerprint density at radius 1 is 1.21 bits per heavy atom. The summed E-state index contributed by atoms with van der Waals surface area (Å²) in [4.78, 5) is 13.9. The molecular weight excluding hydrogens is 308 g/mol. The van der Waals surface area contributed by atoms with Gasteiger partial charge in [-0.3, -0.25) is 4.79 Å². The molecule has 98 valence electrons. The molecule has 0 saturated carbocycles. The number of rotatable bonds is 2. The number of nitrogen functional groups attached to an aromatic ring is 1. The molecule has 2 aromatic rings. The van der Waals surface area contributed by atoms with Crippen LogP contribution in [-0.2, 0) is 0 Å². The van der Waals surface area contributed by atoms with Crippen molar-refractivity contribution < 1.29 is 9.90 Å². The maximum absolute atomic E-state index is 12.4. The van der Waals surface area contributed by atoms with E-state index in [1.807, 2.05) is 0 Å². The minimum Gasteiger partial charge on any atom is -0.508 e. The summed E-state index contributed by atoms with van der Waals surface area (Å²) in [5.41, 5.74) is 7.47. The van der Waals surface area contributed by atoms with E-state index in [4.69, 9.17) is 5.73 Å². The lowest BCUT2D eigenvalue weighted by Gasteiger charge is -2.18. The van der Waals surface area contributed by atoms with E-state index in [2.05, 4.69) is 15.9 Å². The Bertz CT molecular complexity index is 611. The summed E-state index contributed by atoms with van der Waals surface area (Å²) in [6, 6.07) is 11.6. The van der Waals surface area contributed by atoms with Crippen LogP contribution in [0.4, 0.5) is 11.4 Å². The number of amides is 1. The molecule has 0 bridgehead atoms. The van der Waals surface area contributed by atoms with Crippen LogP contribution in [0, 0.1) is 0 Å². The minimum absolute atomic E-state index is 0.162. The van der Waals surface area contributed by atoms with Crippen molar-refractivity contribution in [2.75, 3.05) is 17.7 Å². The van der Waals surface area contributed by atoms with Crippen LogP contribution in [0.2, 0.25) is 0 Å². The first-order valence-electron chi connectivity index (χ1n) is 5.62. The van der Waals surface area contributed by atoms with Crippen molar-refractivity contribution in [3.8, 4) is 5.75 Å². The molecule has 0 unspecified atom stereocenters. The van der Waals surface area contributed by atoms with E-state index in [0.29, 0.717) is 21.4 Å². The molecule has 1 amide bonds. The van der Waals surface area contributed by atoms with Crippen LogP contribution in [0.1, 0.15) is 10.4 Å². The minimum atomic E-state index is -0.176. The van der Waals surface area contributed by atoms with Crippen LogP contribution in [0.5, 0.6) is 5.75 Å². The lowest BCUT2D eigenvalue weighted by molar-refractivity contribution is 0.0992. The number of nitrogens with zero attached hydrogens (tertiary/aromatic N) is 1. The molecule has 5 heteroatoms. The molecule has 19 heavy (non-hydrogen) atoms. The number of phenolic OH excluding ortho intramolecular Hbond substituents is 1. The Balaban J connectivity index is 2.33. The Morgan fingerprint density at radius 3 is 2.47 bits per heavy atom. The molecule has 0 radical (unpaired) electrons. The first kappa shape index (κ1) is 13.4. The number of phenols is 1. The number of benzene rings is 2. The van der Waals surface area contributed by atoms with Gasteiger partial charge in [-0.05, 0) is 52.3 Å². The van der Waals surface area contributed by atoms with Crippen LogP contribution in [0.25, 0.3) is 0 Å². The first-order valence-corrected chi connectivity index (χ1v) is 6.41. The largest absolute Gasteiger partial charge is 0.508 e. The smallest absolute Gasteiger partial charge is 0.259 e. The van der Waals surface area contributed by atoms with Crippen LogP contribution in [0.3, 0.4) is 0 Å². The summed E-state index contributed by atoms with van der Waals surface area (Å²) in [7, 11) is 1.67. The highest BCUT2D eigenvalue weighted by atomic mass is 79.9. The van der Waals surface area contributed by atoms with Crippen molar-refractivity contribution in [2.45, 2.75) is 0 Å². The molecule has 0 spiro atoms. The van der Waals surface area contributed by atoms with Crippen LogP contribution < -0.4 is 10.6 Å². The molecule has 0 fully saturated rings. The zero-order valence-electron chi connectivity index (χ0n) is 10.3. The maximum Gasteiger partial charge on any atom is 0.259 e. The molecule has 2 rings (SSSR count). The third-order valence-corrected chi connectivity index (χ3v) is 3.69. The summed E-state index contributed by atoms with van der Waals surface area (Å²) >= 11 is 3.32. The number of hydrogen-bond donors (Lipinski definition) is 2. The van der Waals surface area contributed by atoms with Gasteiger partial charge in [0.15, 0.2) is 0 Å². The third kappa shape index (κ3) is 2.71. The lowest BCUT2D eigenvalue weighted by atomic mass is 10.1. The van der Waals surface area contributed by atoms with E-state index in [1.165, 1.54) is 17.0 Å². The molecule has 0 aliphatic heterocycles. The normalized spacial score (nSPS) is 10.2. The average molecular weight is 321 g/mol. The highest BCUT2D eigenvalue weighted by Crippen LogP contribution is 2.26. The van der Waals surface area contributed by atoms with Crippen LogP contribution in [-0.4, -0.2) is 18.1 Å². The van der Waals surface area contributed by atoms with Crippen LogP contribution >= 0.6 is 15.9 Å². The van der Waals surface area contributed by atoms with Crippen molar-refractivity contribution in [2.24, 2.45) is 0 Å². The quantitative estimate of drug-likeness (QED) is 0.836. The standard InChI is InChI=1S/C14H13BrN2O2/c1-17(9-5-7-10(18)8-6-9)14(19)11-3-2-4-12(16)13(11)15/h2-8,18H,16H2,1H3. The first-order chi connectivity index (χ1) is 9.00. The molecule has 0 aliphatic rings.